The summed E-state index contributed by atoms with van der Waals surface area (Å²) in [5, 5.41) is 0.823. The highest BCUT2D eigenvalue weighted by molar-refractivity contribution is 6.31. The summed E-state index contributed by atoms with van der Waals surface area (Å²) in [5.41, 5.74) is 1.31. The van der Waals surface area contributed by atoms with Gasteiger partial charge in [0, 0.05) is 18.0 Å². The number of fused-ring (bicyclic) bond motifs is 2. The van der Waals surface area contributed by atoms with Gasteiger partial charge in [-0.15, -0.1) is 0 Å². The van der Waals surface area contributed by atoms with Crippen LogP contribution in [0.1, 0.15) is 34.1 Å². The third-order valence-electron chi connectivity index (χ3n) is 5.41. The van der Waals surface area contributed by atoms with Gasteiger partial charge in [0.25, 0.3) is 5.91 Å². The molecule has 0 saturated carbocycles. The standard InChI is InChI=1S/C23H23ClN2O4/c1-25(2)10-5-11-26-20(14-6-4-7-16(12-14)29-3)19-21(27)17-13-15(24)8-9-18(17)30-22(19)23(26)28/h4,6-9,12-13,20H,5,10-11H2,1-3H3/p+1/t20-/m0/s1. The molecule has 4 rings (SSSR count). The number of quaternary nitrogens is 1. The zero-order valence-corrected chi connectivity index (χ0v) is 18.0. The highest BCUT2D eigenvalue weighted by Gasteiger charge is 2.42. The van der Waals surface area contributed by atoms with Crippen molar-refractivity contribution < 1.29 is 18.8 Å². The van der Waals surface area contributed by atoms with Crippen molar-refractivity contribution in [3.8, 4) is 5.75 Å². The minimum Gasteiger partial charge on any atom is -0.497 e. The minimum absolute atomic E-state index is 0.111. The van der Waals surface area contributed by atoms with Crippen LogP contribution in [0, 0.1) is 0 Å². The van der Waals surface area contributed by atoms with Crippen molar-refractivity contribution in [2.45, 2.75) is 12.5 Å². The molecule has 0 radical (unpaired) electrons. The van der Waals surface area contributed by atoms with Gasteiger partial charge in [-0.05, 0) is 35.9 Å². The lowest BCUT2D eigenvalue weighted by Gasteiger charge is -2.25. The minimum atomic E-state index is -0.528. The monoisotopic (exact) mass is 427 g/mol. The molecule has 0 unspecified atom stereocenters. The van der Waals surface area contributed by atoms with Crippen LogP contribution >= 0.6 is 11.6 Å². The summed E-state index contributed by atoms with van der Waals surface area (Å²) in [4.78, 5) is 29.8. The number of halogens is 1. The predicted molar refractivity (Wildman–Crippen MR) is 116 cm³/mol. The molecule has 1 amide bonds. The fourth-order valence-corrected chi connectivity index (χ4v) is 4.16. The van der Waals surface area contributed by atoms with Crippen molar-refractivity contribution in [1.82, 2.24) is 4.90 Å². The van der Waals surface area contributed by atoms with Crippen LogP contribution in [0.5, 0.6) is 5.75 Å². The first-order valence-electron chi connectivity index (χ1n) is 9.91. The Morgan fingerprint density at radius 1 is 1.17 bits per heavy atom. The van der Waals surface area contributed by atoms with Crippen molar-refractivity contribution in [2.75, 3.05) is 34.3 Å². The van der Waals surface area contributed by atoms with E-state index in [2.05, 4.69) is 14.1 Å². The second kappa shape index (κ2) is 8.13. The number of benzene rings is 2. The van der Waals surface area contributed by atoms with Crippen molar-refractivity contribution in [1.29, 1.82) is 0 Å². The highest BCUT2D eigenvalue weighted by Crippen LogP contribution is 2.39. The molecule has 0 fully saturated rings. The Hall–Kier alpha value is -2.83. The number of amides is 1. The van der Waals surface area contributed by atoms with Gasteiger partial charge in [0.1, 0.15) is 11.3 Å². The zero-order valence-electron chi connectivity index (χ0n) is 17.2. The van der Waals surface area contributed by atoms with Gasteiger partial charge in [-0.1, -0.05) is 23.7 Å². The zero-order chi connectivity index (χ0) is 21.4. The normalized spacial score (nSPS) is 15.8. The van der Waals surface area contributed by atoms with Gasteiger partial charge in [0.2, 0.25) is 5.76 Å². The second-order valence-corrected chi connectivity index (χ2v) is 8.24. The van der Waals surface area contributed by atoms with Crippen LogP contribution in [0.4, 0.5) is 0 Å². The number of rotatable bonds is 6. The Kier molecular flexibility index (Phi) is 5.54. The Labute approximate surface area is 179 Å². The smallest absolute Gasteiger partial charge is 0.290 e. The molecular weight excluding hydrogens is 404 g/mol. The van der Waals surface area contributed by atoms with Crippen molar-refractivity contribution in [2.24, 2.45) is 0 Å². The molecule has 1 aliphatic heterocycles. The lowest BCUT2D eigenvalue weighted by atomic mass is 9.98. The SMILES string of the molecule is COc1cccc([C@H]2c3c(oc4ccc(Cl)cc4c3=O)C(=O)N2CCC[NH+](C)C)c1. The molecule has 1 aliphatic rings. The van der Waals surface area contributed by atoms with E-state index in [1.807, 2.05) is 24.3 Å². The Morgan fingerprint density at radius 3 is 2.70 bits per heavy atom. The van der Waals surface area contributed by atoms with E-state index in [4.69, 9.17) is 20.8 Å². The van der Waals surface area contributed by atoms with Gasteiger partial charge >= 0.3 is 0 Å². The number of hydrogen-bond acceptors (Lipinski definition) is 4. The summed E-state index contributed by atoms with van der Waals surface area (Å²) in [5.74, 6) is 0.514. The van der Waals surface area contributed by atoms with Crippen molar-refractivity contribution >= 4 is 28.5 Å². The lowest BCUT2D eigenvalue weighted by Crippen LogP contribution is -3.05. The second-order valence-electron chi connectivity index (χ2n) is 7.80. The highest BCUT2D eigenvalue weighted by atomic mass is 35.5. The Bertz CT molecular complexity index is 1170. The van der Waals surface area contributed by atoms with Crippen LogP contribution in [0.25, 0.3) is 11.0 Å². The van der Waals surface area contributed by atoms with Crippen molar-refractivity contribution in [3.63, 3.8) is 0 Å². The molecule has 7 heteroatoms. The fourth-order valence-electron chi connectivity index (χ4n) is 3.98. The topological polar surface area (TPSA) is 64.2 Å². The number of nitrogens with zero attached hydrogens (tertiary/aromatic N) is 1. The van der Waals surface area contributed by atoms with E-state index >= 15 is 0 Å². The van der Waals surface area contributed by atoms with Gasteiger partial charge in [0.15, 0.2) is 5.43 Å². The number of nitrogens with one attached hydrogen (secondary N) is 1. The number of ether oxygens (including phenoxy) is 1. The van der Waals surface area contributed by atoms with Crippen LogP contribution in [0.15, 0.2) is 51.7 Å². The molecule has 3 aromatic rings. The molecule has 30 heavy (non-hydrogen) atoms. The van der Waals surface area contributed by atoms with Gasteiger partial charge in [-0.25, -0.2) is 0 Å². The first kappa shape index (κ1) is 20.4. The molecule has 2 aromatic carbocycles. The molecule has 1 N–H and O–H groups in total. The number of hydrogen-bond donors (Lipinski definition) is 1. The van der Waals surface area contributed by atoms with E-state index in [0.29, 0.717) is 33.8 Å². The molecule has 0 bridgehead atoms. The molecule has 0 aliphatic carbocycles. The summed E-state index contributed by atoms with van der Waals surface area (Å²) < 4.78 is 11.3. The summed E-state index contributed by atoms with van der Waals surface area (Å²) in [7, 11) is 5.73. The predicted octanol–water partition coefficient (Wildman–Crippen LogP) is 2.53. The Balaban J connectivity index is 1.89. The van der Waals surface area contributed by atoms with E-state index < -0.39 is 6.04 Å². The number of methoxy groups -OCH3 is 1. The van der Waals surface area contributed by atoms with E-state index in [1.54, 1.807) is 30.2 Å². The number of carbonyl (C=O) groups excluding carboxylic acids is 1. The maximum absolute atomic E-state index is 13.5. The van der Waals surface area contributed by atoms with Crippen LogP contribution in [-0.2, 0) is 0 Å². The van der Waals surface area contributed by atoms with Crippen molar-refractivity contribution in [3.05, 3.63) is 74.6 Å². The summed E-state index contributed by atoms with van der Waals surface area (Å²) in [6.45, 7) is 1.43. The van der Waals surface area contributed by atoms with Gasteiger partial charge < -0.3 is 19.0 Å². The first-order valence-corrected chi connectivity index (χ1v) is 10.3. The largest absolute Gasteiger partial charge is 0.497 e. The number of carbonyl (C=O) groups is 1. The average Bonchev–Trinajstić information content (AvgIpc) is 3.01. The van der Waals surface area contributed by atoms with Gasteiger partial charge in [0.05, 0.1) is 44.7 Å². The quantitative estimate of drug-likeness (QED) is 0.656. The van der Waals surface area contributed by atoms with E-state index in [1.165, 1.54) is 4.90 Å². The maximum Gasteiger partial charge on any atom is 0.290 e. The van der Waals surface area contributed by atoms with Crippen LogP contribution < -0.4 is 15.1 Å². The maximum atomic E-state index is 13.5. The van der Waals surface area contributed by atoms with Crippen LogP contribution in [0.2, 0.25) is 5.02 Å². The third-order valence-corrected chi connectivity index (χ3v) is 5.65. The average molecular weight is 428 g/mol. The van der Waals surface area contributed by atoms with E-state index in [-0.39, 0.29) is 17.1 Å². The Morgan fingerprint density at radius 2 is 1.97 bits per heavy atom. The molecule has 6 nitrogen and oxygen atoms in total. The van der Waals surface area contributed by atoms with Crippen LogP contribution in [0.3, 0.4) is 0 Å². The van der Waals surface area contributed by atoms with E-state index in [9.17, 15) is 9.59 Å². The van der Waals surface area contributed by atoms with Gasteiger partial charge in [-0.2, -0.15) is 0 Å². The van der Waals surface area contributed by atoms with Crippen LogP contribution in [-0.4, -0.2) is 45.1 Å². The summed E-state index contributed by atoms with van der Waals surface area (Å²) >= 11 is 6.11. The molecular formula is C23H24ClN2O4+. The first-order chi connectivity index (χ1) is 14.4. The molecule has 1 aromatic heterocycles. The third kappa shape index (κ3) is 3.57. The lowest BCUT2D eigenvalue weighted by molar-refractivity contribution is -0.858. The molecule has 156 valence electrons. The molecule has 2 heterocycles. The van der Waals surface area contributed by atoms with E-state index in [0.717, 1.165) is 18.5 Å². The molecule has 0 saturated heterocycles. The molecule has 1 atom stereocenters. The summed E-state index contributed by atoms with van der Waals surface area (Å²) in [6.07, 6.45) is 0.808. The molecule has 0 spiro atoms. The van der Waals surface area contributed by atoms with Gasteiger partial charge in [-0.3, -0.25) is 9.59 Å². The fraction of sp³-hybridized carbons (Fsp3) is 0.304. The summed E-state index contributed by atoms with van der Waals surface area (Å²) in [6, 6.07) is 11.8.